The number of nitriles is 1. The SMILES string of the molecule is Cc1cc(C(=O)NC(C(=O)OCc2ccccc2)c2cccc(C#N)c2)ccc1C(=O)N1CCCC1. The van der Waals surface area contributed by atoms with Gasteiger partial charge >= 0.3 is 5.97 Å². The predicted octanol–water partition coefficient (Wildman–Crippen LogP) is 4.32. The van der Waals surface area contributed by atoms with Gasteiger partial charge in [-0.3, -0.25) is 9.59 Å². The van der Waals surface area contributed by atoms with Crippen LogP contribution in [0.1, 0.15) is 61.9 Å². The summed E-state index contributed by atoms with van der Waals surface area (Å²) in [6, 6.07) is 21.6. The van der Waals surface area contributed by atoms with Crippen LogP contribution in [0.25, 0.3) is 0 Å². The first-order chi connectivity index (χ1) is 17.5. The van der Waals surface area contributed by atoms with Gasteiger partial charge in [0, 0.05) is 24.2 Å². The van der Waals surface area contributed by atoms with Crippen molar-refractivity contribution < 1.29 is 19.1 Å². The van der Waals surface area contributed by atoms with Crippen LogP contribution in [-0.2, 0) is 16.1 Å². The third-order valence-corrected chi connectivity index (χ3v) is 6.20. The lowest BCUT2D eigenvalue weighted by atomic mass is 10.0. The topological polar surface area (TPSA) is 99.5 Å². The molecular weight excluding hydrogens is 454 g/mol. The van der Waals surface area contributed by atoms with Gasteiger partial charge in [0.05, 0.1) is 11.6 Å². The van der Waals surface area contributed by atoms with E-state index in [1.54, 1.807) is 49.4 Å². The molecule has 1 N–H and O–H groups in total. The van der Waals surface area contributed by atoms with Crippen molar-refractivity contribution in [1.82, 2.24) is 10.2 Å². The van der Waals surface area contributed by atoms with Gasteiger partial charge in [-0.05, 0) is 66.8 Å². The molecule has 0 bridgehead atoms. The smallest absolute Gasteiger partial charge is 0.333 e. The minimum atomic E-state index is -1.11. The largest absolute Gasteiger partial charge is 0.459 e. The van der Waals surface area contributed by atoms with E-state index in [0.29, 0.717) is 27.8 Å². The van der Waals surface area contributed by atoms with Gasteiger partial charge in [0.25, 0.3) is 11.8 Å². The Morgan fingerprint density at radius 3 is 2.44 bits per heavy atom. The standard InChI is InChI=1S/C29H27N3O4/c1-20-16-24(12-13-25(20)28(34)32-14-5-6-15-32)27(33)31-26(23-11-7-10-22(17-23)18-30)29(35)36-19-21-8-3-2-4-9-21/h2-4,7-13,16-17,26H,5-6,14-15,19H2,1H3,(H,31,33). The van der Waals surface area contributed by atoms with Gasteiger partial charge in [0.15, 0.2) is 6.04 Å². The molecule has 1 heterocycles. The fourth-order valence-corrected chi connectivity index (χ4v) is 4.23. The highest BCUT2D eigenvalue weighted by atomic mass is 16.5. The summed E-state index contributed by atoms with van der Waals surface area (Å²) >= 11 is 0. The Balaban J connectivity index is 1.54. The lowest BCUT2D eigenvalue weighted by Crippen LogP contribution is -2.35. The van der Waals surface area contributed by atoms with Crippen molar-refractivity contribution >= 4 is 17.8 Å². The second-order valence-electron chi connectivity index (χ2n) is 8.77. The second kappa shape index (κ2) is 11.3. The van der Waals surface area contributed by atoms with Crippen molar-refractivity contribution in [1.29, 1.82) is 5.26 Å². The lowest BCUT2D eigenvalue weighted by molar-refractivity contribution is -0.147. The number of carbonyl (C=O) groups is 3. The number of nitrogens with zero attached hydrogens (tertiary/aromatic N) is 2. The molecule has 1 fully saturated rings. The van der Waals surface area contributed by atoms with E-state index in [0.717, 1.165) is 31.5 Å². The number of nitrogens with one attached hydrogen (secondary N) is 1. The molecule has 36 heavy (non-hydrogen) atoms. The molecule has 4 rings (SSSR count). The lowest BCUT2D eigenvalue weighted by Gasteiger charge is -2.20. The van der Waals surface area contributed by atoms with Crippen LogP contribution in [0.15, 0.2) is 72.8 Å². The van der Waals surface area contributed by atoms with Crippen molar-refractivity contribution in [3.8, 4) is 6.07 Å². The summed E-state index contributed by atoms with van der Waals surface area (Å²) in [5, 5.41) is 12.0. The van der Waals surface area contributed by atoms with Crippen molar-refractivity contribution in [3.63, 3.8) is 0 Å². The molecule has 0 aliphatic carbocycles. The molecule has 2 amide bonds. The maximum Gasteiger partial charge on any atom is 0.333 e. The van der Waals surface area contributed by atoms with Crippen LogP contribution in [0.5, 0.6) is 0 Å². The summed E-state index contributed by atoms with van der Waals surface area (Å²) in [7, 11) is 0. The minimum Gasteiger partial charge on any atom is -0.459 e. The van der Waals surface area contributed by atoms with E-state index in [9.17, 15) is 19.6 Å². The predicted molar refractivity (Wildman–Crippen MR) is 134 cm³/mol. The Kier molecular flexibility index (Phi) is 7.76. The van der Waals surface area contributed by atoms with E-state index >= 15 is 0 Å². The quantitative estimate of drug-likeness (QED) is 0.507. The van der Waals surface area contributed by atoms with Gasteiger partial charge in [0.2, 0.25) is 0 Å². The zero-order valence-corrected chi connectivity index (χ0v) is 20.1. The molecule has 3 aromatic rings. The van der Waals surface area contributed by atoms with Gasteiger partial charge in [-0.1, -0.05) is 42.5 Å². The fraction of sp³-hybridized carbons (Fsp3) is 0.241. The molecule has 3 aromatic carbocycles. The molecule has 0 spiro atoms. The summed E-state index contributed by atoms with van der Waals surface area (Å²) in [4.78, 5) is 40.9. The van der Waals surface area contributed by atoms with Crippen LogP contribution in [0.2, 0.25) is 0 Å². The van der Waals surface area contributed by atoms with Crippen LogP contribution in [0.4, 0.5) is 0 Å². The molecule has 1 atom stereocenters. The van der Waals surface area contributed by atoms with Crippen molar-refractivity contribution in [2.24, 2.45) is 0 Å². The minimum absolute atomic E-state index is 0.0346. The highest BCUT2D eigenvalue weighted by Gasteiger charge is 2.26. The van der Waals surface area contributed by atoms with Crippen LogP contribution in [0.3, 0.4) is 0 Å². The van der Waals surface area contributed by atoms with Gasteiger partial charge in [-0.15, -0.1) is 0 Å². The number of hydrogen-bond acceptors (Lipinski definition) is 5. The summed E-state index contributed by atoms with van der Waals surface area (Å²) in [6.07, 6.45) is 2.00. The molecular formula is C29H27N3O4. The highest BCUT2D eigenvalue weighted by molar-refractivity contribution is 6.00. The molecule has 182 valence electrons. The van der Waals surface area contributed by atoms with Gasteiger partial charge in [-0.2, -0.15) is 5.26 Å². The van der Waals surface area contributed by atoms with Crippen LogP contribution in [0, 0.1) is 18.3 Å². The number of esters is 1. The molecule has 1 aliphatic heterocycles. The first kappa shape index (κ1) is 24.7. The number of rotatable bonds is 7. The van der Waals surface area contributed by atoms with E-state index < -0.39 is 17.9 Å². The molecule has 1 saturated heterocycles. The molecule has 1 aliphatic rings. The van der Waals surface area contributed by atoms with Gasteiger partial charge in [0.1, 0.15) is 6.61 Å². The van der Waals surface area contributed by atoms with E-state index in [4.69, 9.17) is 4.74 Å². The normalized spacial score (nSPS) is 13.5. The average Bonchev–Trinajstić information content (AvgIpc) is 3.45. The molecule has 7 nitrogen and oxygen atoms in total. The Labute approximate surface area is 210 Å². The number of amides is 2. The number of benzene rings is 3. The maximum absolute atomic E-state index is 13.2. The number of hydrogen-bond donors (Lipinski definition) is 1. The first-order valence-corrected chi connectivity index (χ1v) is 11.9. The van der Waals surface area contributed by atoms with Gasteiger partial charge < -0.3 is 15.0 Å². The number of likely N-dealkylation sites (tertiary alicyclic amines) is 1. The summed E-state index contributed by atoms with van der Waals surface area (Å²) < 4.78 is 5.50. The molecule has 0 saturated carbocycles. The monoisotopic (exact) mass is 481 g/mol. The number of aryl methyl sites for hydroxylation is 1. The van der Waals surface area contributed by atoms with Crippen molar-refractivity contribution in [2.45, 2.75) is 32.4 Å². The third kappa shape index (κ3) is 5.78. The second-order valence-corrected chi connectivity index (χ2v) is 8.77. The van der Waals surface area contributed by atoms with Crippen LogP contribution >= 0.6 is 0 Å². The molecule has 7 heteroatoms. The van der Waals surface area contributed by atoms with Crippen LogP contribution < -0.4 is 5.32 Å². The maximum atomic E-state index is 13.2. The average molecular weight is 482 g/mol. The Morgan fingerprint density at radius 1 is 1.00 bits per heavy atom. The van der Waals surface area contributed by atoms with E-state index in [2.05, 4.69) is 11.4 Å². The zero-order valence-electron chi connectivity index (χ0n) is 20.1. The summed E-state index contributed by atoms with van der Waals surface area (Å²) in [5.74, 6) is -1.16. The first-order valence-electron chi connectivity index (χ1n) is 11.9. The van der Waals surface area contributed by atoms with E-state index in [1.165, 1.54) is 0 Å². The van der Waals surface area contributed by atoms with Crippen molar-refractivity contribution in [3.05, 3.63) is 106 Å². The van der Waals surface area contributed by atoms with Crippen LogP contribution in [-0.4, -0.2) is 35.8 Å². The van der Waals surface area contributed by atoms with Gasteiger partial charge in [-0.25, -0.2) is 4.79 Å². The fourth-order valence-electron chi connectivity index (χ4n) is 4.23. The highest BCUT2D eigenvalue weighted by Crippen LogP contribution is 2.21. The number of ether oxygens (including phenoxy) is 1. The van der Waals surface area contributed by atoms with Crippen molar-refractivity contribution in [2.75, 3.05) is 13.1 Å². The third-order valence-electron chi connectivity index (χ3n) is 6.20. The Bertz CT molecular complexity index is 1310. The number of carbonyl (C=O) groups excluding carboxylic acids is 3. The summed E-state index contributed by atoms with van der Waals surface area (Å²) in [6.45, 7) is 3.34. The molecule has 0 aromatic heterocycles. The summed E-state index contributed by atoms with van der Waals surface area (Å²) in [5.41, 5.74) is 3.20. The molecule has 1 unspecified atom stereocenters. The van der Waals surface area contributed by atoms with E-state index in [-0.39, 0.29) is 12.5 Å². The Hall–Kier alpha value is -4.44. The van der Waals surface area contributed by atoms with E-state index in [1.807, 2.05) is 35.2 Å². The molecule has 0 radical (unpaired) electrons. The Morgan fingerprint density at radius 2 is 1.75 bits per heavy atom. The zero-order chi connectivity index (χ0) is 25.5.